The number of carbonyl (C=O) groups excluding carboxylic acids is 2. The van der Waals surface area contributed by atoms with Gasteiger partial charge in [-0.15, -0.1) is 0 Å². The van der Waals surface area contributed by atoms with Gasteiger partial charge < -0.3 is 19.1 Å². The summed E-state index contributed by atoms with van der Waals surface area (Å²) in [6.07, 6.45) is -0.193. The minimum atomic E-state index is -1.68. The Hall–Kier alpha value is -3.59. The molecule has 2 atom stereocenters. The highest BCUT2D eigenvalue weighted by Crippen LogP contribution is 2.50. The topological polar surface area (TPSA) is 80.7 Å². The summed E-state index contributed by atoms with van der Waals surface area (Å²) >= 11 is 12.5. The molecule has 0 bridgehead atoms. The van der Waals surface area contributed by atoms with Gasteiger partial charge in [0, 0.05) is 16.1 Å². The fourth-order valence-corrected chi connectivity index (χ4v) is 5.29. The molecule has 3 aromatic rings. The molecule has 0 unspecified atom stereocenters. The van der Waals surface area contributed by atoms with Crippen LogP contribution in [0.2, 0.25) is 10.0 Å². The summed E-state index contributed by atoms with van der Waals surface area (Å²) in [7, 11) is 5.18. The van der Waals surface area contributed by atoms with Gasteiger partial charge >= 0.3 is 5.97 Å². The van der Waals surface area contributed by atoms with E-state index in [1.54, 1.807) is 105 Å². The lowest BCUT2D eigenvalue weighted by Gasteiger charge is -2.36. The molecule has 42 heavy (non-hydrogen) atoms. The van der Waals surface area contributed by atoms with E-state index in [1.807, 2.05) is 13.8 Å². The minimum absolute atomic E-state index is 0.0547. The Morgan fingerprint density at radius 2 is 1.62 bits per heavy atom. The van der Waals surface area contributed by atoms with Gasteiger partial charge in [-0.2, -0.15) is 0 Å². The molecule has 0 fully saturated rings. The van der Waals surface area contributed by atoms with Gasteiger partial charge in [0.15, 0.2) is 0 Å². The van der Waals surface area contributed by atoms with Crippen LogP contribution in [0.3, 0.4) is 0 Å². The Bertz CT molecular complexity index is 1460. The number of ether oxygens (including phenoxy) is 3. The van der Waals surface area contributed by atoms with Crippen LogP contribution in [-0.4, -0.2) is 68.0 Å². The van der Waals surface area contributed by atoms with Gasteiger partial charge in [0.2, 0.25) is 11.4 Å². The maximum atomic E-state index is 14.2. The number of amides is 1. The molecule has 0 spiro atoms. The molecule has 0 radical (unpaired) electrons. The van der Waals surface area contributed by atoms with E-state index in [1.165, 1.54) is 0 Å². The SMILES string of the molecule is CCOC(=O)[C@@]1(c2ccc(Cl)cc2)N=C(c2ccc(OC)cc2OC(C)C)N(C(=O)CN(C)C)[C@@H]1c1ccc(Cl)cc1. The van der Waals surface area contributed by atoms with E-state index >= 15 is 0 Å². The first-order valence-electron chi connectivity index (χ1n) is 13.6. The van der Waals surface area contributed by atoms with Crippen LogP contribution in [0.1, 0.15) is 43.5 Å². The van der Waals surface area contributed by atoms with Crippen molar-refractivity contribution in [3.63, 3.8) is 0 Å². The lowest BCUT2D eigenvalue weighted by atomic mass is 9.79. The molecule has 8 nitrogen and oxygen atoms in total. The van der Waals surface area contributed by atoms with Gasteiger partial charge in [-0.05, 0) is 82.4 Å². The Kier molecular flexibility index (Phi) is 9.82. The van der Waals surface area contributed by atoms with Crippen LogP contribution in [0.4, 0.5) is 0 Å². The molecular formula is C32H35Cl2N3O5. The molecule has 1 amide bonds. The fourth-order valence-electron chi connectivity index (χ4n) is 5.03. The first-order chi connectivity index (χ1) is 20.0. The second-order valence-electron chi connectivity index (χ2n) is 10.4. The lowest BCUT2D eigenvalue weighted by Crippen LogP contribution is -2.48. The molecule has 10 heteroatoms. The summed E-state index contributed by atoms with van der Waals surface area (Å²) < 4.78 is 17.4. The van der Waals surface area contributed by atoms with E-state index in [4.69, 9.17) is 42.4 Å². The molecule has 222 valence electrons. The number of hydrogen-bond acceptors (Lipinski definition) is 7. The summed E-state index contributed by atoms with van der Waals surface area (Å²) in [6, 6.07) is 18.3. The third kappa shape index (κ3) is 6.26. The second kappa shape index (κ2) is 13.2. The Labute approximate surface area is 256 Å². The quantitative estimate of drug-likeness (QED) is 0.256. The normalized spacial score (nSPS) is 18.3. The monoisotopic (exact) mass is 611 g/mol. The minimum Gasteiger partial charge on any atom is -0.497 e. The number of likely N-dealkylation sites (N-methyl/N-ethyl adjacent to an activating group) is 1. The van der Waals surface area contributed by atoms with E-state index in [0.29, 0.717) is 38.2 Å². The van der Waals surface area contributed by atoms with Gasteiger partial charge in [-0.25, -0.2) is 9.79 Å². The maximum Gasteiger partial charge on any atom is 0.341 e. The zero-order valence-corrected chi connectivity index (χ0v) is 26.1. The summed E-state index contributed by atoms with van der Waals surface area (Å²) in [5.41, 5.74) is 0.00687. The number of aliphatic imine (C=N–C) groups is 1. The maximum absolute atomic E-state index is 14.2. The van der Waals surface area contributed by atoms with Crippen molar-refractivity contribution in [2.45, 2.75) is 38.5 Å². The molecule has 0 saturated carbocycles. The van der Waals surface area contributed by atoms with E-state index < -0.39 is 17.6 Å². The smallest absolute Gasteiger partial charge is 0.341 e. The Morgan fingerprint density at radius 1 is 1.00 bits per heavy atom. The van der Waals surface area contributed by atoms with Crippen molar-refractivity contribution in [1.29, 1.82) is 0 Å². The summed E-state index contributed by atoms with van der Waals surface area (Å²) in [5.74, 6) is 0.414. The van der Waals surface area contributed by atoms with E-state index in [0.717, 1.165) is 0 Å². The van der Waals surface area contributed by atoms with E-state index in [9.17, 15) is 9.59 Å². The molecule has 4 rings (SSSR count). The van der Waals surface area contributed by atoms with Crippen molar-refractivity contribution in [1.82, 2.24) is 9.80 Å². The standard InChI is InChI=1S/C32H35Cl2N3O5/c1-7-41-31(39)32(22-10-14-24(34)15-11-22)29(21-8-12-23(33)13-9-21)37(28(38)19-36(4)5)30(35-32)26-17-16-25(40-6)18-27(26)42-20(2)3/h8-18,20,29H,7,19H2,1-6H3/t29-,32+/m1/s1. The highest BCUT2D eigenvalue weighted by Gasteiger charge is 2.59. The lowest BCUT2D eigenvalue weighted by molar-refractivity contribution is -0.152. The van der Waals surface area contributed by atoms with Crippen molar-refractivity contribution in [3.05, 3.63) is 93.5 Å². The summed E-state index contributed by atoms with van der Waals surface area (Å²) in [4.78, 5) is 37.0. The number of amidine groups is 1. The van der Waals surface area contributed by atoms with Crippen molar-refractivity contribution in [3.8, 4) is 11.5 Å². The van der Waals surface area contributed by atoms with Gasteiger partial charge in [0.05, 0.1) is 31.9 Å². The number of carbonyl (C=O) groups is 2. The highest BCUT2D eigenvalue weighted by atomic mass is 35.5. The van der Waals surface area contributed by atoms with Gasteiger partial charge in [0.1, 0.15) is 23.4 Å². The number of hydrogen-bond donors (Lipinski definition) is 0. The van der Waals surface area contributed by atoms with Crippen molar-refractivity contribution >= 4 is 40.9 Å². The third-order valence-corrected chi connectivity index (χ3v) is 7.24. The van der Waals surface area contributed by atoms with Crippen molar-refractivity contribution in [2.24, 2.45) is 4.99 Å². The molecule has 1 aliphatic heterocycles. The van der Waals surface area contributed by atoms with Gasteiger partial charge in [-0.1, -0.05) is 47.5 Å². The molecule has 3 aromatic carbocycles. The predicted octanol–water partition coefficient (Wildman–Crippen LogP) is 6.14. The molecule has 0 N–H and O–H groups in total. The number of benzene rings is 3. The van der Waals surface area contributed by atoms with E-state index in [-0.39, 0.29) is 31.0 Å². The van der Waals surface area contributed by atoms with Crippen LogP contribution in [-0.2, 0) is 19.9 Å². The Balaban J connectivity index is 2.12. The van der Waals surface area contributed by atoms with Crippen LogP contribution < -0.4 is 9.47 Å². The number of nitrogens with zero attached hydrogens (tertiary/aromatic N) is 3. The second-order valence-corrected chi connectivity index (χ2v) is 11.3. The first-order valence-corrected chi connectivity index (χ1v) is 14.4. The number of esters is 1. The third-order valence-electron chi connectivity index (χ3n) is 6.73. The van der Waals surface area contributed by atoms with Gasteiger partial charge in [-0.3, -0.25) is 9.69 Å². The number of rotatable bonds is 10. The van der Waals surface area contributed by atoms with Crippen LogP contribution in [0.15, 0.2) is 71.7 Å². The largest absolute Gasteiger partial charge is 0.497 e. The average Bonchev–Trinajstić information content (AvgIpc) is 3.30. The molecule has 0 aliphatic carbocycles. The zero-order chi connectivity index (χ0) is 30.6. The molecular weight excluding hydrogens is 577 g/mol. The fraction of sp³-hybridized carbons (Fsp3) is 0.344. The molecule has 0 aromatic heterocycles. The molecule has 1 aliphatic rings. The van der Waals surface area contributed by atoms with E-state index in [2.05, 4.69) is 0 Å². The average molecular weight is 613 g/mol. The van der Waals surface area contributed by atoms with Crippen LogP contribution in [0, 0.1) is 0 Å². The number of halogens is 2. The van der Waals surface area contributed by atoms with Gasteiger partial charge in [0.25, 0.3) is 0 Å². The summed E-state index contributed by atoms with van der Waals surface area (Å²) in [6.45, 7) is 5.71. The van der Waals surface area contributed by atoms with Crippen LogP contribution in [0.5, 0.6) is 11.5 Å². The summed E-state index contributed by atoms with van der Waals surface area (Å²) in [5, 5.41) is 1.01. The van der Waals surface area contributed by atoms with Crippen molar-refractivity contribution in [2.75, 3.05) is 34.4 Å². The van der Waals surface area contributed by atoms with Crippen LogP contribution in [0.25, 0.3) is 0 Å². The first kappa shape index (κ1) is 31.3. The molecule has 0 saturated heterocycles. The van der Waals surface area contributed by atoms with Crippen LogP contribution >= 0.6 is 23.2 Å². The predicted molar refractivity (Wildman–Crippen MR) is 165 cm³/mol. The highest BCUT2D eigenvalue weighted by molar-refractivity contribution is 6.30. The zero-order valence-electron chi connectivity index (χ0n) is 24.6. The Morgan fingerprint density at radius 3 is 2.17 bits per heavy atom. The number of methoxy groups -OCH3 is 1. The molecule has 1 heterocycles. The van der Waals surface area contributed by atoms with Crippen molar-refractivity contribution < 1.29 is 23.8 Å².